The van der Waals surface area contributed by atoms with Crippen molar-refractivity contribution in [2.45, 2.75) is 26.3 Å². The van der Waals surface area contributed by atoms with Gasteiger partial charge in [-0.1, -0.05) is 12.1 Å². The number of ether oxygens (including phenoxy) is 2. The first-order chi connectivity index (χ1) is 14.6. The van der Waals surface area contributed by atoms with Crippen LogP contribution in [0.5, 0.6) is 11.6 Å². The Kier molecular flexibility index (Phi) is 7.59. The molecule has 1 unspecified atom stereocenters. The molecule has 8 heteroatoms. The molecule has 1 aliphatic rings. The maximum atomic E-state index is 13.4. The van der Waals surface area contributed by atoms with Crippen molar-refractivity contribution in [2.24, 2.45) is 10.9 Å². The molecule has 1 aromatic carbocycles. The van der Waals surface area contributed by atoms with E-state index in [9.17, 15) is 9.18 Å². The van der Waals surface area contributed by atoms with Crippen LogP contribution < -0.4 is 10.1 Å². The number of likely N-dealkylation sites (tertiary alicyclic amines) is 1. The van der Waals surface area contributed by atoms with Crippen LogP contribution in [-0.2, 0) is 16.1 Å². The van der Waals surface area contributed by atoms with Crippen molar-refractivity contribution in [1.29, 1.82) is 0 Å². The van der Waals surface area contributed by atoms with Crippen LogP contribution in [0.25, 0.3) is 0 Å². The summed E-state index contributed by atoms with van der Waals surface area (Å²) in [6.07, 6.45) is 3.34. The quantitative estimate of drug-likeness (QED) is 0.444. The largest absolute Gasteiger partial charge is 0.466 e. The van der Waals surface area contributed by atoms with Gasteiger partial charge in [0.1, 0.15) is 11.6 Å². The van der Waals surface area contributed by atoms with Crippen molar-refractivity contribution < 1.29 is 18.7 Å². The minimum absolute atomic E-state index is 0.150. The third-order valence-corrected chi connectivity index (χ3v) is 4.85. The molecular formula is C22H27FN4O3. The molecule has 0 radical (unpaired) electrons. The number of rotatable bonds is 6. The van der Waals surface area contributed by atoms with Gasteiger partial charge in [-0.2, -0.15) is 0 Å². The number of benzene rings is 1. The molecule has 1 fully saturated rings. The molecule has 0 aliphatic carbocycles. The van der Waals surface area contributed by atoms with Crippen LogP contribution in [0, 0.1) is 11.7 Å². The fourth-order valence-electron chi connectivity index (χ4n) is 3.42. The average Bonchev–Trinajstić information content (AvgIpc) is 2.76. The molecule has 1 atom stereocenters. The Morgan fingerprint density at radius 2 is 2.23 bits per heavy atom. The number of aliphatic imine (C=N–C) groups is 1. The van der Waals surface area contributed by atoms with E-state index in [1.807, 2.05) is 19.1 Å². The number of nitrogens with one attached hydrogen (secondary N) is 1. The molecule has 0 spiro atoms. The lowest BCUT2D eigenvalue weighted by Gasteiger charge is -2.34. The lowest BCUT2D eigenvalue weighted by atomic mass is 9.98. The predicted octanol–water partition coefficient (Wildman–Crippen LogP) is 3.36. The number of hydrogen-bond donors (Lipinski definition) is 1. The number of guanidine groups is 1. The van der Waals surface area contributed by atoms with Gasteiger partial charge in [-0.3, -0.25) is 9.79 Å². The van der Waals surface area contributed by atoms with E-state index < -0.39 is 0 Å². The zero-order valence-electron chi connectivity index (χ0n) is 17.3. The van der Waals surface area contributed by atoms with Gasteiger partial charge in [0.25, 0.3) is 0 Å². The third-order valence-electron chi connectivity index (χ3n) is 4.85. The van der Waals surface area contributed by atoms with Crippen LogP contribution in [0.4, 0.5) is 4.39 Å². The Hall–Kier alpha value is -3.16. The summed E-state index contributed by atoms with van der Waals surface area (Å²) in [5, 5.41) is 3.31. The highest BCUT2D eigenvalue weighted by molar-refractivity contribution is 5.81. The van der Waals surface area contributed by atoms with Gasteiger partial charge in [-0.05, 0) is 38.0 Å². The molecule has 1 N–H and O–H groups in total. The molecule has 3 rings (SSSR count). The van der Waals surface area contributed by atoms with E-state index in [2.05, 4.69) is 20.2 Å². The summed E-state index contributed by atoms with van der Waals surface area (Å²) < 4.78 is 24.4. The molecule has 1 aliphatic heterocycles. The molecule has 0 amide bonds. The predicted molar refractivity (Wildman–Crippen MR) is 112 cm³/mol. The van der Waals surface area contributed by atoms with Crippen molar-refractivity contribution in [3.8, 4) is 11.6 Å². The Morgan fingerprint density at radius 1 is 1.37 bits per heavy atom. The summed E-state index contributed by atoms with van der Waals surface area (Å²) in [5.74, 6) is 0.800. The topological polar surface area (TPSA) is 76.0 Å². The molecule has 30 heavy (non-hydrogen) atoms. The average molecular weight is 414 g/mol. The van der Waals surface area contributed by atoms with E-state index in [1.165, 1.54) is 12.1 Å². The molecular weight excluding hydrogens is 387 g/mol. The number of carbonyl (C=O) groups is 1. The monoisotopic (exact) mass is 414 g/mol. The van der Waals surface area contributed by atoms with E-state index in [1.54, 1.807) is 25.4 Å². The van der Waals surface area contributed by atoms with Gasteiger partial charge < -0.3 is 19.7 Å². The Labute approximate surface area is 175 Å². The number of pyridine rings is 1. The first kappa shape index (κ1) is 21.5. The van der Waals surface area contributed by atoms with Crippen LogP contribution in [0.2, 0.25) is 0 Å². The zero-order chi connectivity index (χ0) is 21.3. The Balaban J connectivity index is 1.65. The summed E-state index contributed by atoms with van der Waals surface area (Å²) in [6.45, 7) is 4.01. The smallest absolute Gasteiger partial charge is 0.310 e. The third kappa shape index (κ3) is 5.68. The van der Waals surface area contributed by atoms with Crippen molar-refractivity contribution in [3.63, 3.8) is 0 Å². The Morgan fingerprint density at radius 3 is 3.00 bits per heavy atom. The van der Waals surface area contributed by atoms with Crippen LogP contribution in [0.15, 0.2) is 47.6 Å². The fraction of sp³-hybridized carbons (Fsp3) is 0.409. The van der Waals surface area contributed by atoms with Crippen LogP contribution in [0.3, 0.4) is 0 Å². The van der Waals surface area contributed by atoms with Gasteiger partial charge in [0.15, 0.2) is 5.96 Å². The SMILES string of the molecule is CCOC(=O)C1CCCN(C(=NC)NCc2cccnc2Oc2cccc(F)c2)C1. The summed E-state index contributed by atoms with van der Waals surface area (Å²) in [4.78, 5) is 22.8. The molecule has 1 aromatic heterocycles. The molecule has 2 aromatic rings. The molecule has 2 heterocycles. The number of aromatic nitrogens is 1. The zero-order valence-corrected chi connectivity index (χ0v) is 17.3. The minimum Gasteiger partial charge on any atom is -0.466 e. The second-order valence-corrected chi connectivity index (χ2v) is 6.97. The highest BCUT2D eigenvalue weighted by atomic mass is 19.1. The number of esters is 1. The van der Waals surface area contributed by atoms with Gasteiger partial charge in [0, 0.05) is 44.5 Å². The minimum atomic E-state index is -0.371. The van der Waals surface area contributed by atoms with E-state index >= 15 is 0 Å². The fourth-order valence-corrected chi connectivity index (χ4v) is 3.42. The molecule has 7 nitrogen and oxygen atoms in total. The van der Waals surface area contributed by atoms with Crippen LogP contribution in [-0.4, -0.2) is 48.6 Å². The number of nitrogens with zero attached hydrogens (tertiary/aromatic N) is 3. The first-order valence-corrected chi connectivity index (χ1v) is 10.1. The first-order valence-electron chi connectivity index (χ1n) is 10.1. The maximum absolute atomic E-state index is 13.4. The highest BCUT2D eigenvalue weighted by Crippen LogP contribution is 2.24. The van der Waals surface area contributed by atoms with E-state index in [0.29, 0.717) is 37.3 Å². The molecule has 0 bridgehead atoms. The standard InChI is InChI=1S/C22H27FN4O3/c1-3-29-21(28)17-8-6-12-27(15-17)22(24-2)26-14-16-7-5-11-25-20(16)30-19-10-4-9-18(23)13-19/h4-5,7,9-11,13,17H,3,6,8,12,14-15H2,1-2H3,(H,24,26). The van der Waals surface area contributed by atoms with Crippen molar-refractivity contribution >= 4 is 11.9 Å². The number of carbonyl (C=O) groups excluding carboxylic acids is 1. The Bertz CT molecular complexity index is 890. The second-order valence-electron chi connectivity index (χ2n) is 6.97. The van der Waals surface area contributed by atoms with Crippen LogP contribution >= 0.6 is 0 Å². The normalized spacial score (nSPS) is 16.8. The van der Waals surface area contributed by atoms with Crippen molar-refractivity contribution in [3.05, 3.63) is 54.0 Å². The van der Waals surface area contributed by atoms with Crippen molar-refractivity contribution in [1.82, 2.24) is 15.2 Å². The van der Waals surface area contributed by atoms with E-state index in [-0.39, 0.29) is 17.7 Å². The molecule has 1 saturated heterocycles. The van der Waals surface area contributed by atoms with Crippen LogP contribution in [0.1, 0.15) is 25.3 Å². The van der Waals surface area contributed by atoms with Crippen molar-refractivity contribution in [2.75, 3.05) is 26.7 Å². The summed E-state index contributed by atoms with van der Waals surface area (Å²) in [5.41, 5.74) is 0.807. The van der Waals surface area contributed by atoms with Gasteiger partial charge in [0.2, 0.25) is 5.88 Å². The maximum Gasteiger partial charge on any atom is 0.310 e. The lowest BCUT2D eigenvalue weighted by Crippen LogP contribution is -2.48. The van der Waals surface area contributed by atoms with E-state index in [0.717, 1.165) is 24.9 Å². The molecule has 0 saturated carbocycles. The summed E-state index contributed by atoms with van der Waals surface area (Å²) in [6, 6.07) is 9.64. The lowest BCUT2D eigenvalue weighted by molar-refractivity contribution is -0.149. The van der Waals surface area contributed by atoms with Gasteiger partial charge >= 0.3 is 5.97 Å². The molecule has 160 valence electrons. The van der Waals surface area contributed by atoms with Gasteiger partial charge in [0.05, 0.1) is 12.5 Å². The highest BCUT2D eigenvalue weighted by Gasteiger charge is 2.28. The summed E-state index contributed by atoms with van der Waals surface area (Å²) in [7, 11) is 1.71. The second kappa shape index (κ2) is 10.6. The number of halogens is 1. The van der Waals surface area contributed by atoms with E-state index in [4.69, 9.17) is 9.47 Å². The number of piperidine rings is 1. The van der Waals surface area contributed by atoms with Gasteiger partial charge in [-0.25, -0.2) is 9.37 Å². The van der Waals surface area contributed by atoms with Gasteiger partial charge in [-0.15, -0.1) is 0 Å². The number of hydrogen-bond acceptors (Lipinski definition) is 5. The summed E-state index contributed by atoms with van der Waals surface area (Å²) >= 11 is 0.